The Morgan fingerprint density at radius 3 is 2.43 bits per heavy atom. The van der Waals surface area contributed by atoms with E-state index in [0.717, 1.165) is 0 Å². The van der Waals surface area contributed by atoms with Crippen LogP contribution in [0.15, 0.2) is 0 Å². The standard InChI is InChI=1S/C2H8N2O2S/c1-2(4-3)7(5)6/h2,4H,3H2,1H3,(H,5,6)/p-1. The third-order valence-electron chi connectivity index (χ3n) is 0.523. The lowest BCUT2D eigenvalue weighted by Gasteiger charge is -2.11. The van der Waals surface area contributed by atoms with Gasteiger partial charge in [-0.15, -0.1) is 0 Å². The third kappa shape index (κ3) is 2.69. The average molecular weight is 123 g/mol. The molecule has 0 saturated carbocycles. The number of hydrazine groups is 1. The first-order valence-corrected chi connectivity index (χ1v) is 2.86. The molecule has 0 aliphatic heterocycles. The molecular weight excluding hydrogens is 116 g/mol. The maximum atomic E-state index is 9.79. The third-order valence-corrected chi connectivity index (χ3v) is 1.24. The highest BCUT2D eigenvalue weighted by Gasteiger charge is 1.92. The lowest BCUT2D eigenvalue weighted by atomic mass is 10.8. The van der Waals surface area contributed by atoms with Crippen molar-refractivity contribution in [2.75, 3.05) is 0 Å². The summed E-state index contributed by atoms with van der Waals surface area (Å²) in [5.41, 5.74) is 2.05. The van der Waals surface area contributed by atoms with Crippen LogP contribution in [0.3, 0.4) is 0 Å². The van der Waals surface area contributed by atoms with Crippen LogP contribution in [-0.2, 0) is 11.1 Å². The van der Waals surface area contributed by atoms with E-state index in [0.29, 0.717) is 0 Å². The second-order valence-electron chi connectivity index (χ2n) is 1.07. The largest absolute Gasteiger partial charge is 0.771 e. The van der Waals surface area contributed by atoms with Gasteiger partial charge in [0.1, 0.15) is 0 Å². The molecule has 44 valence electrons. The van der Waals surface area contributed by atoms with Gasteiger partial charge in [0.15, 0.2) is 0 Å². The van der Waals surface area contributed by atoms with Crippen molar-refractivity contribution in [2.24, 2.45) is 5.84 Å². The van der Waals surface area contributed by atoms with Gasteiger partial charge in [-0.2, -0.15) is 0 Å². The number of hydrogen-bond acceptors (Lipinski definition) is 4. The minimum absolute atomic E-state index is 0.653. The number of hydrogen-bond donors (Lipinski definition) is 2. The molecule has 2 unspecified atom stereocenters. The van der Waals surface area contributed by atoms with E-state index in [2.05, 4.69) is 5.43 Å². The van der Waals surface area contributed by atoms with Crippen molar-refractivity contribution >= 4 is 11.1 Å². The van der Waals surface area contributed by atoms with Crippen LogP contribution in [0.25, 0.3) is 0 Å². The number of nitrogens with one attached hydrogen (secondary N) is 1. The van der Waals surface area contributed by atoms with Crippen molar-refractivity contribution in [1.29, 1.82) is 0 Å². The molecule has 0 heterocycles. The van der Waals surface area contributed by atoms with E-state index in [9.17, 15) is 8.76 Å². The van der Waals surface area contributed by atoms with Gasteiger partial charge in [0.05, 0.1) is 5.37 Å². The molecule has 0 amide bonds. The van der Waals surface area contributed by atoms with Crippen molar-refractivity contribution in [2.45, 2.75) is 12.3 Å². The molecule has 0 aromatic rings. The summed E-state index contributed by atoms with van der Waals surface area (Å²) >= 11 is -2.10. The van der Waals surface area contributed by atoms with E-state index in [1.165, 1.54) is 6.92 Å². The molecule has 5 heteroatoms. The van der Waals surface area contributed by atoms with Gasteiger partial charge in [0, 0.05) is 0 Å². The molecule has 0 bridgehead atoms. The van der Waals surface area contributed by atoms with Crippen molar-refractivity contribution < 1.29 is 8.76 Å². The summed E-state index contributed by atoms with van der Waals surface area (Å²) in [6, 6.07) is 0. The van der Waals surface area contributed by atoms with Crippen LogP contribution in [0, 0.1) is 0 Å². The fraction of sp³-hybridized carbons (Fsp3) is 1.00. The Kier molecular flexibility index (Phi) is 3.10. The first-order valence-electron chi connectivity index (χ1n) is 1.72. The van der Waals surface area contributed by atoms with Crippen LogP contribution in [0.2, 0.25) is 0 Å². The number of rotatable bonds is 2. The van der Waals surface area contributed by atoms with E-state index in [4.69, 9.17) is 5.84 Å². The predicted molar refractivity (Wildman–Crippen MR) is 25.7 cm³/mol. The van der Waals surface area contributed by atoms with Crippen molar-refractivity contribution in [3.05, 3.63) is 0 Å². The molecule has 2 atom stereocenters. The van der Waals surface area contributed by atoms with Crippen molar-refractivity contribution in [3.8, 4) is 0 Å². The highest BCUT2D eigenvalue weighted by atomic mass is 32.2. The second-order valence-corrected chi connectivity index (χ2v) is 2.30. The van der Waals surface area contributed by atoms with Crippen LogP contribution >= 0.6 is 0 Å². The zero-order chi connectivity index (χ0) is 5.86. The first-order chi connectivity index (χ1) is 3.18. The molecule has 0 aromatic heterocycles. The highest BCUT2D eigenvalue weighted by Crippen LogP contribution is 1.79. The Morgan fingerprint density at radius 1 is 2.00 bits per heavy atom. The lowest BCUT2D eigenvalue weighted by molar-refractivity contribution is 0.511. The van der Waals surface area contributed by atoms with Gasteiger partial charge < -0.3 is 4.55 Å². The Balaban J connectivity index is 3.34. The summed E-state index contributed by atoms with van der Waals surface area (Å²) in [5, 5.41) is -0.653. The van der Waals surface area contributed by atoms with Crippen LogP contribution in [0.4, 0.5) is 0 Å². The zero-order valence-electron chi connectivity index (χ0n) is 3.88. The molecule has 0 aromatic carbocycles. The van der Waals surface area contributed by atoms with E-state index in [-0.39, 0.29) is 0 Å². The molecule has 0 aliphatic carbocycles. The van der Waals surface area contributed by atoms with E-state index in [1.807, 2.05) is 0 Å². The maximum absolute atomic E-state index is 9.79. The lowest BCUT2D eigenvalue weighted by Crippen LogP contribution is -2.35. The van der Waals surface area contributed by atoms with Crippen LogP contribution in [0.5, 0.6) is 0 Å². The quantitative estimate of drug-likeness (QED) is 0.271. The Hall–Kier alpha value is 0.0300. The Labute approximate surface area is 44.3 Å². The summed E-state index contributed by atoms with van der Waals surface area (Å²) in [6.07, 6.45) is 0. The summed E-state index contributed by atoms with van der Waals surface area (Å²) in [4.78, 5) is 0. The van der Waals surface area contributed by atoms with Gasteiger partial charge in [-0.05, 0) is 18.0 Å². The fourth-order valence-corrected chi connectivity index (χ4v) is 0.167. The van der Waals surface area contributed by atoms with Gasteiger partial charge in [0.25, 0.3) is 0 Å². The molecule has 7 heavy (non-hydrogen) atoms. The van der Waals surface area contributed by atoms with Gasteiger partial charge in [-0.25, -0.2) is 5.43 Å². The van der Waals surface area contributed by atoms with E-state index < -0.39 is 16.5 Å². The molecule has 0 aliphatic rings. The van der Waals surface area contributed by atoms with Gasteiger partial charge in [-0.1, -0.05) is 0 Å². The van der Waals surface area contributed by atoms with E-state index >= 15 is 0 Å². The SMILES string of the molecule is CC(NN)S(=O)[O-]. The molecule has 0 fully saturated rings. The minimum Gasteiger partial charge on any atom is -0.771 e. The molecule has 4 nitrogen and oxygen atoms in total. The number of nitrogens with two attached hydrogens (primary N) is 1. The topological polar surface area (TPSA) is 78.2 Å². The Morgan fingerprint density at radius 2 is 2.43 bits per heavy atom. The van der Waals surface area contributed by atoms with Crippen LogP contribution < -0.4 is 11.3 Å². The normalized spacial score (nSPS) is 18.7. The smallest absolute Gasteiger partial charge is 0.0802 e. The zero-order valence-corrected chi connectivity index (χ0v) is 4.70. The molecule has 0 saturated heterocycles. The Bertz CT molecular complexity index is 76.1. The molecule has 0 spiro atoms. The van der Waals surface area contributed by atoms with Gasteiger partial charge >= 0.3 is 0 Å². The summed E-state index contributed by atoms with van der Waals surface area (Å²) in [6.45, 7) is 1.45. The molecule has 0 radical (unpaired) electrons. The predicted octanol–water partition coefficient (Wildman–Crippen LogP) is -1.33. The van der Waals surface area contributed by atoms with Crippen molar-refractivity contribution in [3.63, 3.8) is 0 Å². The fourth-order valence-electron chi connectivity index (χ4n) is 0.0556. The van der Waals surface area contributed by atoms with Crippen LogP contribution in [-0.4, -0.2) is 14.1 Å². The average Bonchev–Trinajstić information content (AvgIpc) is 1.65. The summed E-state index contributed by atoms with van der Waals surface area (Å²) in [7, 11) is 0. The first kappa shape index (κ1) is 7.03. The van der Waals surface area contributed by atoms with Crippen molar-refractivity contribution in [1.82, 2.24) is 5.43 Å². The summed E-state index contributed by atoms with van der Waals surface area (Å²) in [5.74, 6) is 4.73. The monoisotopic (exact) mass is 123 g/mol. The minimum atomic E-state index is -2.10. The van der Waals surface area contributed by atoms with Gasteiger partial charge in [0.2, 0.25) is 0 Å². The molecule has 3 N–H and O–H groups in total. The van der Waals surface area contributed by atoms with E-state index in [1.54, 1.807) is 0 Å². The second kappa shape index (κ2) is 3.09. The maximum Gasteiger partial charge on any atom is 0.0802 e. The highest BCUT2D eigenvalue weighted by molar-refractivity contribution is 7.79. The summed E-state index contributed by atoms with van der Waals surface area (Å²) < 4.78 is 19.6. The van der Waals surface area contributed by atoms with Gasteiger partial charge in [-0.3, -0.25) is 10.1 Å². The molecule has 0 rings (SSSR count). The van der Waals surface area contributed by atoms with Crippen LogP contribution in [0.1, 0.15) is 6.92 Å². The molecular formula is C2H7N2O2S-.